The Morgan fingerprint density at radius 2 is 2.12 bits per heavy atom. The van der Waals surface area contributed by atoms with Crippen LogP contribution in [0.1, 0.15) is 5.56 Å². The molecule has 0 aliphatic carbocycles. The van der Waals surface area contributed by atoms with Crippen molar-refractivity contribution in [2.75, 3.05) is 31.2 Å². The molecule has 2 N–H and O–H groups in total. The Morgan fingerprint density at radius 1 is 1.38 bits per heavy atom. The zero-order chi connectivity index (χ0) is 17.1. The number of primary amides is 1. The quantitative estimate of drug-likeness (QED) is 0.624. The van der Waals surface area contributed by atoms with E-state index in [1.54, 1.807) is 30.5 Å². The van der Waals surface area contributed by atoms with E-state index in [1.165, 1.54) is 10.5 Å². The second-order valence-electron chi connectivity index (χ2n) is 5.22. The molecule has 3 heterocycles. The molecule has 0 atom stereocenters. The maximum atomic E-state index is 12.8. The molecule has 1 saturated heterocycles. The standard InChI is InChI=1S/C16H15N5O3/c17-10-11(14(18)22)9-12-15(20-5-7-24-8-6-20)19-13-3-1-2-4-21(13)16(12)23/h1-4,9H,5-8H2,(H2,18,22)/b11-9+. The molecular weight excluding hydrogens is 310 g/mol. The third-order valence-corrected chi connectivity index (χ3v) is 3.73. The molecule has 0 bridgehead atoms. The third kappa shape index (κ3) is 2.85. The molecule has 1 aliphatic rings. The van der Waals surface area contributed by atoms with Gasteiger partial charge in [0.15, 0.2) is 0 Å². The Labute approximate surface area is 137 Å². The molecule has 0 unspecified atom stereocenters. The number of anilines is 1. The Morgan fingerprint density at radius 3 is 2.79 bits per heavy atom. The summed E-state index contributed by atoms with van der Waals surface area (Å²) in [5.74, 6) is -0.466. The van der Waals surface area contributed by atoms with Gasteiger partial charge in [0, 0.05) is 19.3 Å². The molecule has 24 heavy (non-hydrogen) atoms. The summed E-state index contributed by atoms with van der Waals surface area (Å²) >= 11 is 0. The minimum atomic E-state index is -0.886. The monoisotopic (exact) mass is 325 g/mol. The summed E-state index contributed by atoms with van der Waals surface area (Å²) in [6.45, 7) is 2.16. The Bertz CT molecular complexity index is 919. The van der Waals surface area contributed by atoms with Crippen LogP contribution in [0.15, 0.2) is 34.8 Å². The second kappa shape index (κ2) is 6.52. The van der Waals surface area contributed by atoms with E-state index >= 15 is 0 Å². The summed E-state index contributed by atoms with van der Waals surface area (Å²) < 4.78 is 6.69. The number of hydrogen-bond acceptors (Lipinski definition) is 6. The van der Waals surface area contributed by atoms with E-state index in [-0.39, 0.29) is 16.7 Å². The molecule has 122 valence electrons. The predicted molar refractivity (Wildman–Crippen MR) is 87.3 cm³/mol. The van der Waals surface area contributed by atoms with Crippen molar-refractivity contribution in [3.05, 3.63) is 45.9 Å². The van der Waals surface area contributed by atoms with Crippen LogP contribution >= 0.6 is 0 Å². The number of nitrogens with two attached hydrogens (primary N) is 1. The van der Waals surface area contributed by atoms with Gasteiger partial charge in [-0.15, -0.1) is 0 Å². The van der Waals surface area contributed by atoms with Crippen LogP contribution in [0.4, 0.5) is 5.82 Å². The van der Waals surface area contributed by atoms with E-state index in [0.29, 0.717) is 37.8 Å². The molecule has 2 aromatic rings. The summed E-state index contributed by atoms with van der Waals surface area (Å²) in [5, 5.41) is 9.08. The Kier molecular flexibility index (Phi) is 4.26. The van der Waals surface area contributed by atoms with Crippen LogP contribution in [-0.4, -0.2) is 41.6 Å². The van der Waals surface area contributed by atoms with Crippen LogP contribution in [0, 0.1) is 11.3 Å². The van der Waals surface area contributed by atoms with Gasteiger partial charge in [-0.1, -0.05) is 6.07 Å². The van der Waals surface area contributed by atoms with Crippen LogP contribution < -0.4 is 16.2 Å². The largest absolute Gasteiger partial charge is 0.378 e. The fourth-order valence-electron chi connectivity index (χ4n) is 2.54. The minimum Gasteiger partial charge on any atom is -0.378 e. The lowest BCUT2D eigenvalue weighted by Gasteiger charge is -2.29. The van der Waals surface area contributed by atoms with Crippen molar-refractivity contribution in [3.63, 3.8) is 0 Å². The normalized spacial score (nSPS) is 15.3. The Balaban J connectivity index is 2.27. The fraction of sp³-hybridized carbons (Fsp3) is 0.250. The van der Waals surface area contributed by atoms with Crippen LogP contribution in [0.5, 0.6) is 0 Å². The van der Waals surface area contributed by atoms with E-state index < -0.39 is 5.91 Å². The summed E-state index contributed by atoms with van der Waals surface area (Å²) in [5.41, 5.74) is 5.18. The molecular formula is C16H15N5O3. The molecule has 1 aliphatic heterocycles. The number of nitriles is 1. The van der Waals surface area contributed by atoms with Crippen molar-refractivity contribution < 1.29 is 9.53 Å². The van der Waals surface area contributed by atoms with Crippen LogP contribution in [0.25, 0.3) is 11.7 Å². The van der Waals surface area contributed by atoms with Crippen LogP contribution in [0.2, 0.25) is 0 Å². The van der Waals surface area contributed by atoms with Gasteiger partial charge in [-0.2, -0.15) is 5.26 Å². The van der Waals surface area contributed by atoms with Crippen LogP contribution in [0.3, 0.4) is 0 Å². The lowest BCUT2D eigenvalue weighted by Crippen LogP contribution is -2.38. The lowest BCUT2D eigenvalue weighted by molar-refractivity contribution is -0.114. The molecule has 8 heteroatoms. The van der Waals surface area contributed by atoms with Gasteiger partial charge in [0.05, 0.1) is 18.8 Å². The summed E-state index contributed by atoms with van der Waals surface area (Å²) in [7, 11) is 0. The molecule has 3 rings (SSSR count). The molecule has 0 saturated carbocycles. The Hall–Kier alpha value is -3.18. The molecule has 0 aromatic carbocycles. The first-order valence-corrected chi connectivity index (χ1v) is 7.37. The van der Waals surface area contributed by atoms with Gasteiger partial charge in [-0.05, 0) is 18.2 Å². The maximum absolute atomic E-state index is 12.8. The number of ether oxygens (including phenoxy) is 1. The smallest absolute Gasteiger partial charge is 0.267 e. The molecule has 2 aromatic heterocycles. The molecule has 1 fully saturated rings. The number of carbonyl (C=O) groups excluding carboxylic acids is 1. The van der Waals surface area contributed by atoms with E-state index in [0.717, 1.165) is 0 Å². The summed E-state index contributed by atoms with van der Waals surface area (Å²) in [6, 6.07) is 6.93. The van der Waals surface area contributed by atoms with Crippen molar-refractivity contribution in [2.45, 2.75) is 0 Å². The van der Waals surface area contributed by atoms with Gasteiger partial charge in [0.2, 0.25) is 0 Å². The minimum absolute atomic E-state index is 0.163. The van der Waals surface area contributed by atoms with Crippen molar-refractivity contribution >= 4 is 23.4 Å². The number of aromatic nitrogens is 2. The maximum Gasteiger partial charge on any atom is 0.267 e. The van der Waals surface area contributed by atoms with Crippen molar-refractivity contribution in [1.29, 1.82) is 5.26 Å². The zero-order valence-corrected chi connectivity index (χ0v) is 12.8. The average molecular weight is 325 g/mol. The SMILES string of the molecule is N#C/C(=C\c1c(N2CCOCC2)nc2ccccn2c1=O)C(N)=O. The van der Waals surface area contributed by atoms with Gasteiger partial charge in [-0.25, -0.2) is 4.98 Å². The highest BCUT2D eigenvalue weighted by atomic mass is 16.5. The number of nitrogens with zero attached hydrogens (tertiary/aromatic N) is 4. The van der Waals surface area contributed by atoms with E-state index in [1.807, 2.05) is 4.90 Å². The second-order valence-corrected chi connectivity index (χ2v) is 5.22. The number of fused-ring (bicyclic) bond motifs is 1. The highest BCUT2D eigenvalue weighted by Crippen LogP contribution is 2.20. The van der Waals surface area contributed by atoms with Gasteiger partial charge in [0.1, 0.15) is 23.1 Å². The first-order valence-electron chi connectivity index (χ1n) is 7.37. The molecule has 1 amide bonds. The summed E-state index contributed by atoms with van der Waals surface area (Å²) in [4.78, 5) is 30.6. The van der Waals surface area contributed by atoms with Crippen LogP contribution in [-0.2, 0) is 9.53 Å². The number of rotatable bonds is 3. The average Bonchev–Trinajstić information content (AvgIpc) is 2.61. The van der Waals surface area contributed by atoms with Gasteiger partial charge >= 0.3 is 0 Å². The lowest BCUT2D eigenvalue weighted by atomic mass is 10.1. The van der Waals surface area contributed by atoms with Crippen molar-refractivity contribution in [1.82, 2.24) is 9.38 Å². The van der Waals surface area contributed by atoms with Crippen molar-refractivity contribution in [3.8, 4) is 6.07 Å². The first kappa shape index (κ1) is 15.7. The summed E-state index contributed by atoms with van der Waals surface area (Å²) in [6.07, 6.45) is 2.79. The van der Waals surface area contributed by atoms with E-state index in [9.17, 15) is 9.59 Å². The number of amides is 1. The van der Waals surface area contributed by atoms with Crippen molar-refractivity contribution in [2.24, 2.45) is 5.73 Å². The highest BCUT2D eigenvalue weighted by Gasteiger charge is 2.20. The fourth-order valence-corrected chi connectivity index (χ4v) is 2.54. The topological polar surface area (TPSA) is 114 Å². The van der Waals surface area contributed by atoms with E-state index in [2.05, 4.69) is 4.98 Å². The molecule has 8 nitrogen and oxygen atoms in total. The zero-order valence-electron chi connectivity index (χ0n) is 12.8. The third-order valence-electron chi connectivity index (χ3n) is 3.73. The van der Waals surface area contributed by atoms with Gasteiger partial charge in [0.25, 0.3) is 11.5 Å². The predicted octanol–water partition coefficient (Wildman–Crippen LogP) is -0.0766. The molecule has 0 spiro atoms. The number of pyridine rings is 1. The first-order chi connectivity index (χ1) is 11.6. The highest BCUT2D eigenvalue weighted by molar-refractivity contribution is 6.01. The van der Waals surface area contributed by atoms with E-state index in [4.69, 9.17) is 15.7 Å². The molecule has 0 radical (unpaired) electrons. The van der Waals surface area contributed by atoms with Gasteiger partial charge in [-0.3, -0.25) is 14.0 Å². The number of morpholine rings is 1. The van der Waals surface area contributed by atoms with Gasteiger partial charge < -0.3 is 15.4 Å². The number of carbonyl (C=O) groups is 1. The number of hydrogen-bond donors (Lipinski definition) is 1.